The summed E-state index contributed by atoms with van der Waals surface area (Å²) in [5, 5.41) is 2.79. The van der Waals surface area contributed by atoms with Crippen LogP contribution in [0.25, 0.3) is 11.3 Å². The summed E-state index contributed by atoms with van der Waals surface area (Å²) in [4.78, 5) is 4.44. The van der Waals surface area contributed by atoms with Crippen molar-refractivity contribution in [1.29, 1.82) is 0 Å². The van der Waals surface area contributed by atoms with Crippen LogP contribution in [-0.4, -0.2) is 34.7 Å². The molecule has 0 amide bonds. The molecule has 2 aromatic carbocycles. The second kappa shape index (κ2) is 8.07. The molecule has 148 valence electrons. The monoisotopic (exact) mass is 420 g/mol. The molecule has 0 saturated heterocycles. The van der Waals surface area contributed by atoms with Crippen LogP contribution in [0, 0.1) is 6.92 Å². The van der Waals surface area contributed by atoms with Gasteiger partial charge in [-0.3, -0.25) is 4.72 Å². The van der Waals surface area contributed by atoms with Gasteiger partial charge in [0.2, 0.25) is 0 Å². The van der Waals surface area contributed by atoms with Crippen molar-refractivity contribution in [2.75, 3.05) is 26.1 Å². The summed E-state index contributed by atoms with van der Waals surface area (Å²) in [7, 11) is 0.505. The standard InChI is InChI=1S/C19H20N2O5S2/c1-12-20-15(11-27-12)13-5-7-17(25-3)19(9-13)28(22,23)21-14-6-8-16(24-2)18(10-14)26-4/h5-11,21H,1-4H3. The predicted octanol–water partition coefficient (Wildman–Crippen LogP) is 3.95. The number of hydrogen-bond donors (Lipinski definition) is 1. The first-order chi connectivity index (χ1) is 13.4. The van der Waals surface area contributed by atoms with Crippen LogP contribution in [-0.2, 0) is 10.0 Å². The molecule has 0 saturated carbocycles. The molecule has 0 spiro atoms. The number of thiazole rings is 1. The van der Waals surface area contributed by atoms with Crippen LogP contribution in [0.2, 0.25) is 0 Å². The lowest BCUT2D eigenvalue weighted by Gasteiger charge is -2.14. The number of methoxy groups -OCH3 is 3. The molecule has 28 heavy (non-hydrogen) atoms. The SMILES string of the molecule is COc1ccc(NS(=O)(=O)c2cc(-c3csc(C)n3)ccc2OC)cc1OC. The van der Waals surface area contributed by atoms with Crippen molar-refractivity contribution in [1.82, 2.24) is 4.98 Å². The highest BCUT2D eigenvalue weighted by molar-refractivity contribution is 7.92. The van der Waals surface area contributed by atoms with E-state index in [1.54, 1.807) is 36.4 Å². The Labute approximate surface area is 168 Å². The van der Waals surface area contributed by atoms with Crippen molar-refractivity contribution >= 4 is 27.0 Å². The average Bonchev–Trinajstić information content (AvgIpc) is 3.13. The van der Waals surface area contributed by atoms with Gasteiger partial charge in [0.1, 0.15) is 10.6 Å². The van der Waals surface area contributed by atoms with Gasteiger partial charge in [0, 0.05) is 17.0 Å². The molecule has 0 aliphatic rings. The zero-order chi connectivity index (χ0) is 20.3. The fourth-order valence-electron chi connectivity index (χ4n) is 2.65. The lowest BCUT2D eigenvalue weighted by atomic mass is 10.2. The average molecular weight is 421 g/mol. The number of ether oxygens (including phenoxy) is 3. The Morgan fingerprint density at radius 1 is 0.929 bits per heavy atom. The third-order valence-electron chi connectivity index (χ3n) is 4.00. The molecule has 0 atom stereocenters. The molecule has 1 aromatic heterocycles. The summed E-state index contributed by atoms with van der Waals surface area (Å²) in [5.41, 5.74) is 1.75. The van der Waals surface area contributed by atoms with Gasteiger partial charge in [-0.1, -0.05) is 0 Å². The van der Waals surface area contributed by atoms with Gasteiger partial charge in [-0.2, -0.15) is 0 Å². The Morgan fingerprint density at radius 2 is 1.61 bits per heavy atom. The smallest absolute Gasteiger partial charge is 0.265 e. The fourth-order valence-corrected chi connectivity index (χ4v) is 4.52. The molecule has 0 unspecified atom stereocenters. The number of anilines is 1. The molecule has 0 radical (unpaired) electrons. The van der Waals surface area contributed by atoms with Crippen LogP contribution in [0.1, 0.15) is 5.01 Å². The van der Waals surface area contributed by atoms with Crippen LogP contribution >= 0.6 is 11.3 Å². The van der Waals surface area contributed by atoms with Gasteiger partial charge in [-0.25, -0.2) is 13.4 Å². The summed E-state index contributed by atoms with van der Waals surface area (Å²) in [6, 6.07) is 9.73. The van der Waals surface area contributed by atoms with E-state index in [9.17, 15) is 8.42 Å². The number of aromatic nitrogens is 1. The van der Waals surface area contributed by atoms with Crippen LogP contribution in [0.3, 0.4) is 0 Å². The summed E-state index contributed by atoms with van der Waals surface area (Å²) in [6.45, 7) is 1.90. The Bertz CT molecular complexity index is 1090. The van der Waals surface area contributed by atoms with Crippen molar-refractivity contribution < 1.29 is 22.6 Å². The Kier molecular flexibility index (Phi) is 5.76. The normalized spacial score (nSPS) is 11.1. The van der Waals surface area contributed by atoms with Crippen molar-refractivity contribution in [2.45, 2.75) is 11.8 Å². The van der Waals surface area contributed by atoms with Crippen molar-refractivity contribution in [3.05, 3.63) is 46.8 Å². The Balaban J connectivity index is 2.01. The van der Waals surface area contributed by atoms with E-state index >= 15 is 0 Å². The quantitative estimate of drug-likeness (QED) is 0.623. The van der Waals surface area contributed by atoms with E-state index in [4.69, 9.17) is 14.2 Å². The predicted molar refractivity (Wildman–Crippen MR) is 109 cm³/mol. The summed E-state index contributed by atoms with van der Waals surface area (Å²) >= 11 is 1.50. The van der Waals surface area contributed by atoms with E-state index in [1.165, 1.54) is 32.7 Å². The van der Waals surface area contributed by atoms with Crippen LogP contribution in [0.4, 0.5) is 5.69 Å². The maximum Gasteiger partial charge on any atom is 0.265 e. The fraction of sp³-hybridized carbons (Fsp3) is 0.211. The minimum atomic E-state index is -3.92. The van der Waals surface area contributed by atoms with Gasteiger partial charge in [-0.15, -0.1) is 11.3 Å². The molecule has 0 aliphatic heterocycles. The minimum Gasteiger partial charge on any atom is -0.495 e. The van der Waals surface area contributed by atoms with E-state index in [0.717, 1.165) is 5.01 Å². The first-order valence-corrected chi connectivity index (χ1v) is 10.6. The molecule has 3 aromatic rings. The van der Waals surface area contributed by atoms with Crippen molar-refractivity contribution in [3.63, 3.8) is 0 Å². The van der Waals surface area contributed by atoms with Gasteiger partial charge in [0.25, 0.3) is 10.0 Å². The van der Waals surface area contributed by atoms with E-state index in [1.807, 2.05) is 12.3 Å². The van der Waals surface area contributed by atoms with E-state index < -0.39 is 10.0 Å². The second-order valence-electron chi connectivity index (χ2n) is 5.79. The first-order valence-electron chi connectivity index (χ1n) is 8.23. The van der Waals surface area contributed by atoms with E-state index in [-0.39, 0.29) is 10.6 Å². The Morgan fingerprint density at radius 3 is 2.21 bits per heavy atom. The zero-order valence-electron chi connectivity index (χ0n) is 15.8. The summed E-state index contributed by atoms with van der Waals surface area (Å²) in [5.74, 6) is 1.16. The van der Waals surface area contributed by atoms with Gasteiger partial charge < -0.3 is 14.2 Å². The molecule has 1 heterocycles. The molecule has 0 fully saturated rings. The maximum absolute atomic E-state index is 13.0. The largest absolute Gasteiger partial charge is 0.495 e. The van der Waals surface area contributed by atoms with Crippen LogP contribution in [0.5, 0.6) is 17.2 Å². The molecule has 9 heteroatoms. The third-order valence-corrected chi connectivity index (χ3v) is 6.18. The molecule has 0 bridgehead atoms. The van der Waals surface area contributed by atoms with Crippen molar-refractivity contribution in [3.8, 4) is 28.5 Å². The van der Waals surface area contributed by atoms with Gasteiger partial charge in [0.15, 0.2) is 11.5 Å². The van der Waals surface area contributed by atoms with E-state index in [2.05, 4.69) is 9.71 Å². The number of sulfonamides is 1. The first kappa shape index (κ1) is 20.0. The highest BCUT2D eigenvalue weighted by Crippen LogP contribution is 2.34. The molecular formula is C19H20N2O5S2. The summed E-state index contributed by atoms with van der Waals surface area (Å²) in [6.07, 6.45) is 0. The third kappa shape index (κ3) is 4.05. The molecule has 0 aliphatic carbocycles. The molecular weight excluding hydrogens is 400 g/mol. The molecule has 1 N–H and O–H groups in total. The van der Waals surface area contributed by atoms with E-state index in [0.29, 0.717) is 28.4 Å². The zero-order valence-corrected chi connectivity index (χ0v) is 17.5. The maximum atomic E-state index is 13.0. The number of benzene rings is 2. The van der Waals surface area contributed by atoms with Gasteiger partial charge in [0.05, 0.1) is 37.7 Å². The van der Waals surface area contributed by atoms with Crippen LogP contribution < -0.4 is 18.9 Å². The lowest BCUT2D eigenvalue weighted by Crippen LogP contribution is -2.14. The second-order valence-corrected chi connectivity index (χ2v) is 8.51. The number of nitrogens with one attached hydrogen (secondary N) is 1. The highest BCUT2D eigenvalue weighted by Gasteiger charge is 2.22. The molecule has 3 rings (SSSR count). The van der Waals surface area contributed by atoms with Gasteiger partial charge >= 0.3 is 0 Å². The number of rotatable bonds is 7. The number of aryl methyl sites for hydroxylation is 1. The van der Waals surface area contributed by atoms with Crippen molar-refractivity contribution in [2.24, 2.45) is 0 Å². The highest BCUT2D eigenvalue weighted by atomic mass is 32.2. The summed E-state index contributed by atoms with van der Waals surface area (Å²) < 4.78 is 44.3. The minimum absolute atomic E-state index is 0.0212. The number of hydrogen-bond acceptors (Lipinski definition) is 7. The lowest BCUT2D eigenvalue weighted by molar-refractivity contribution is 0.355. The molecule has 7 nitrogen and oxygen atoms in total. The van der Waals surface area contributed by atoms with Gasteiger partial charge in [-0.05, 0) is 37.3 Å². The van der Waals surface area contributed by atoms with Crippen LogP contribution in [0.15, 0.2) is 46.7 Å². The Hall–Kier alpha value is -2.78. The number of nitrogens with zero attached hydrogens (tertiary/aromatic N) is 1. The topological polar surface area (TPSA) is 86.8 Å².